The molecule has 2 nitrogen and oxygen atoms in total. The van der Waals surface area contributed by atoms with E-state index in [4.69, 9.17) is 0 Å². The van der Waals surface area contributed by atoms with Crippen molar-refractivity contribution in [3.63, 3.8) is 0 Å². The summed E-state index contributed by atoms with van der Waals surface area (Å²) >= 11 is 1.59. The molecule has 0 saturated heterocycles. The molecule has 3 heteroatoms. The smallest absolute Gasteiger partial charge is 0.234 e. The number of benzene rings is 2. The highest BCUT2D eigenvalue weighted by Crippen LogP contribution is 2.25. The van der Waals surface area contributed by atoms with Crippen LogP contribution in [0.25, 0.3) is 0 Å². The molecule has 0 atom stereocenters. The molecular formula is C19H23NOS. The Kier molecular flexibility index (Phi) is 5.67. The standard InChI is InChI=1S/C19H23NOS/c1-5-16-8-6-7-14(3)19(16)20-18(21)12-22-17-10-9-13(2)11-15(17)4/h6-11H,5,12H2,1-4H3,(H,20,21). The van der Waals surface area contributed by atoms with E-state index in [1.807, 2.05) is 19.1 Å². The highest BCUT2D eigenvalue weighted by molar-refractivity contribution is 8.00. The van der Waals surface area contributed by atoms with Crippen LogP contribution in [0.1, 0.15) is 29.2 Å². The molecule has 116 valence electrons. The zero-order valence-electron chi connectivity index (χ0n) is 13.7. The maximum Gasteiger partial charge on any atom is 0.234 e. The molecule has 2 aromatic rings. The molecule has 0 aliphatic heterocycles. The van der Waals surface area contributed by atoms with Gasteiger partial charge < -0.3 is 5.32 Å². The van der Waals surface area contributed by atoms with Crippen molar-refractivity contribution in [2.45, 2.75) is 39.0 Å². The molecule has 0 spiro atoms. The fourth-order valence-electron chi connectivity index (χ4n) is 2.48. The number of anilines is 1. The van der Waals surface area contributed by atoms with E-state index >= 15 is 0 Å². The van der Waals surface area contributed by atoms with Gasteiger partial charge in [-0.15, -0.1) is 11.8 Å². The van der Waals surface area contributed by atoms with Crippen molar-refractivity contribution in [2.75, 3.05) is 11.1 Å². The van der Waals surface area contributed by atoms with E-state index in [0.29, 0.717) is 5.75 Å². The third-order valence-corrected chi connectivity index (χ3v) is 4.87. The normalized spacial score (nSPS) is 10.5. The first-order valence-corrected chi connectivity index (χ1v) is 8.58. The number of hydrogen-bond acceptors (Lipinski definition) is 2. The number of aryl methyl sites for hydroxylation is 4. The summed E-state index contributed by atoms with van der Waals surface area (Å²) in [5, 5.41) is 3.07. The molecule has 0 unspecified atom stereocenters. The van der Waals surface area contributed by atoms with Crippen LogP contribution < -0.4 is 5.32 Å². The van der Waals surface area contributed by atoms with Gasteiger partial charge in [0.1, 0.15) is 0 Å². The summed E-state index contributed by atoms with van der Waals surface area (Å²) in [6.07, 6.45) is 0.918. The summed E-state index contributed by atoms with van der Waals surface area (Å²) in [6.45, 7) is 8.31. The summed E-state index contributed by atoms with van der Waals surface area (Å²) in [7, 11) is 0. The van der Waals surface area contributed by atoms with Gasteiger partial charge in [0.25, 0.3) is 0 Å². The van der Waals surface area contributed by atoms with Crippen LogP contribution in [0, 0.1) is 20.8 Å². The van der Waals surface area contributed by atoms with Crippen molar-refractivity contribution in [2.24, 2.45) is 0 Å². The van der Waals surface area contributed by atoms with Crippen LogP contribution in [0.4, 0.5) is 5.69 Å². The van der Waals surface area contributed by atoms with Gasteiger partial charge in [-0.05, 0) is 49.9 Å². The Bertz CT molecular complexity index is 679. The molecule has 1 amide bonds. The number of hydrogen-bond donors (Lipinski definition) is 1. The van der Waals surface area contributed by atoms with Gasteiger partial charge in [-0.2, -0.15) is 0 Å². The quantitative estimate of drug-likeness (QED) is 0.795. The zero-order chi connectivity index (χ0) is 16.1. The van der Waals surface area contributed by atoms with Crippen LogP contribution in [0.2, 0.25) is 0 Å². The topological polar surface area (TPSA) is 29.1 Å². The van der Waals surface area contributed by atoms with Gasteiger partial charge in [0.15, 0.2) is 0 Å². The second-order valence-electron chi connectivity index (χ2n) is 5.57. The summed E-state index contributed by atoms with van der Waals surface area (Å²) in [4.78, 5) is 13.4. The minimum atomic E-state index is 0.0500. The van der Waals surface area contributed by atoms with Crippen LogP contribution in [0.5, 0.6) is 0 Å². The average Bonchev–Trinajstić information content (AvgIpc) is 2.48. The van der Waals surface area contributed by atoms with Gasteiger partial charge in [0, 0.05) is 10.6 Å². The van der Waals surface area contributed by atoms with Crippen LogP contribution in [-0.4, -0.2) is 11.7 Å². The summed E-state index contributed by atoms with van der Waals surface area (Å²) < 4.78 is 0. The van der Waals surface area contributed by atoms with E-state index in [9.17, 15) is 4.79 Å². The second kappa shape index (κ2) is 7.50. The van der Waals surface area contributed by atoms with E-state index in [0.717, 1.165) is 17.7 Å². The largest absolute Gasteiger partial charge is 0.325 e. The predicted octanol–water partition coefficient (Wildman–Crippen LogP) is 4.91. The second-order valence-corrected chi connectivity index (χ2v) is 6.59. The number of rotatable bonds is 5. The fourth-order valence-corrected chi connectivity index (χ4v) is 3.29. The Morgan fingerprint density at radius 1 is 1.09 bits per heavy atom. The molecule has 0 bridgehead atoms. The molecule has 0 aliphatic rings. The van der Waals surface area contributed by atoms with Crippen molar-refractivity contribution in [1.29, 1.82) is 0 Å². The highest BCUT2D eigenvalue weighted by atomic mass is 32.2. The van der Waals surface area contributed by atoms with Crippen molar-refractivity contribution in [3.05, 3.63) is 58.7 Å². The third-order valence-electron chi connectivity index (χ3n) is 3.69. The van der Waals surface area contributed by atoms with Crippen molar-refractivity contribution in [3.8, 4) is 0 Å². The number of amides is 1. The van der Waals surface area contributed by atoms with Crippen LogP contribution in [0.15, 0.2) is 41.3 Å². The summed E-state index contributed by atoms with van der Waals surface area (Å²) in [5.41, 5.74) is 5.74. The van der Waals surface area contributed by atoms with Crippen LogP contribution in [-0.2, 0) is 11.2 Å². The molecule has 22 heavy (non-hydrogen) atoms. The first-order chi connectivity index (χ1) is 10.5. The molecule has 2 rings (SSSR count). The van der Waals surface area contributed by atoms with E-state index in [-0.39, 0.29) is 5.91 Å². The Balaban J connectivity index is 2.02. The minimum Gasteiger partial charge on any atom is -0.325 e. The van der Waals surface area contributed by atoms with Gasteiger partial charge in [0.05, 0.1) is 5.75 Å². The van der Waals surface area contributed by atoms with Gasteiger partial charge >= 0.3 is 0 Å². The van der Waals surface area contributed by atoms with Crippen molar-refractivity contribution < 1.29 is 4.79 Å². The molecule has 0 radical (unpaired) electrons. The Morgan fingerprint density at radius 3 is 2.55 bits per heavy atom. The summed E-state index contributed by atoms with van der Waals surface area (Å²) in [5.74, 6) is 0.482. The lowest BCUT2D eigenvalue weighted by Crippen LogP contribution is -2.16. The lowest BCUT2D eigenvalue weighted by Gasteiger charge is -2.13. The Labute approximate surface area is 137 Å². The Hall–Kier alpha value is -1.74. The van der Waals surface area contributed by atoms with E-state index in [2.05, 4.69) is 50.4 Å². The molecule has 0 fully saturated rings. The van der Waals surface area contributed by atoms with Gasteiger partial charge in [0.2, 0.25) is 5.91 Å². The number of carbonyl (C=O) groups excluding carboxylic acids is 1. The average molecular weight is 313 g/mol. The molecular weight excluding hydrogens is 290 g/mol. The maximum absolute atomic E-state index is 12.3. The SMILES string of the molecule is CCc1cccc(C)c1NC(=O)CSc1ccc(C)cc1C. The van der Waals surface area contributed by atoms with Crippen LogP contribution >= 0.6 is 11.8 Å². The molecule has 0 aliphatic carbocycles. The highest BCUT2D eigenvalue weighted by Gasteiger charge is 2.09. The van der Waals surface area contributed by atoms with E-state index in [1.54, 1.807) is 11.8 Å². The van der Waals surface area contributed by atoms with Gasteiger partial charge in [-0.3, -0.25) is 4.79 Å². The van der Waals surface area contributed by atoms with E-state index in [1.165, 1.54) is 21.6 Å². The molecule has 0 saturated carbocycles. The number of carbonyl (C=O) groups is 1. The third kappa shape index (κ3) is 4.14. The number of thioether (sulfide) groups is 1. The number of nitrogens with one attached hydrogen (secondary N) is 1. The first kappa shape index (κ1) is 16.6. The monoisotopic (exact) mass is 313 g/mol. The van der Waals surface area contributed by atoms with Crippen LogP contribution in [0.3, 0.4) is 0 Å². The fraction of sp³-hybridized carbons (Fsp3) is 0.316. The lowest BCUT2D eigenvalue weighted by molar-refractivity contribution is -0.113. The summed E-state index contributed by atoms with van der Waals surface area (Å²) in [6, 6.07) is 12.5. The number of para-hydroxylation sites is 1. The predicted molar refractivity (Wildman–Crippen MR) is 95.8 cm³/mol. The first-order valence-electron chi connectivity index (χ1n) is 7.59. The zero-order valence-corrected chi connectivity index (χ0v) is 14.5. The Morgan fingerprint density at radius 2 is 1.86 bits per heavy atom. The molecule has 2 aromatic carbocycles. The van der Waals surface area contributed by atoms with Gasteiger partial charge in [-0.1, -0.05) is 42.8 Å². The lowest BCUT2D eigenvalue weighted by atomic mass is 10.1. The minimum absolute atomic E-state index is 0.0500. The van der Waals surface area contributed by atoms with Crippen molar-refractivity contribution in [1.82, 2.24) is 0 Å². The molecule has 0 heterocycles. The van der Waals surface area contributed by atoms with Gasteiger partial charge in [-0.25, -0.2) is 0 Å². The maximum atomic E-state index is 12.3. The van der Waals surface area contributed by atoms with Crippen molar-refractivity contribution >= 4 is 23.4 Å². The van der Waals surface area contributed by atoms with E-state index < -0.39 is 0 Å². The molecule has 1 N–H and O–H groups in total. The molecule has 0 aromatic heterocycles.